The number of hydrogen-bond donors (Lipinski definition) is 1. The highest BCUT2D eigenvalue weighted by Crippen LogP contribution is 2.28. The van der Waals surface area contributed by atoms with E-state index in [1.54, 1.807) is 0 Å². The predicted octanol–water partition coefficient (Wildman–Crippen LogP) is 1.82. The van der Waals surface area contributed by atoms with Crippen LogP contribution in [0.3, 0.4) is 0 Å². The van der Waals surface area contributed by atoms with Gasteiger partial charge < -0.3 is 4.74 Å². The molecule has 1 N–H and O–H groups in total. The number of fused-ring (bicyclic) bond motifs is 1. The fourth-order valence-electron chi connectivity index (χ4n) is 1.80. The van der Waals surface area contributed by atoms with E-state index in [9.17, 15) is 0 Å². The van der Waals surface area contributed by atoms with E-state index in [-0.39, 0.29) is 5.60 Å². The van der Waals surface area contributed by atoms with Gasteiger partial charge in [-0.15, -0.1) is 0 Å². The minimum Gasteiger partial charge on any atom is -0.370 e. The highest BCUT2D eigenvalue weighted by atomic mass is 16.5. The molecule has 0 spiro atoms. The van der Waals surface area contributed by atoms with Crippen LogP contribution in [0.1, 0.15) is 37.7 Å². The van der Waals surface area contributed by atoms with E-state index in [1.165, 1.54) is 11.3 Å². The van der Waals surface area contributed by atoms with Crippen molar-refractivity contribution in [2.24, 2.45) is 0 Å². The van der Waals surface area contributed by atoms with E-state index in [2.05, 4.69) is 31.0 Å². The highest BCUT2D eigenvalue weighted by Gasteiger charge is 2.28. The Kier molecular flexibility index (Phi) is 1.91. The molecule has 2 heterocycles. The van der Waals surface area contributed by atoms with Gasteiger partial charge >= 0.3 is 0 Å². The molecule has 0 bridgehead atoms. The Morgan fingerprint density at radius 2 is 2.31 bits per heavy atom. The van der Waals surface area contributed by atoms with E-state index in [0.29, 0.717) is 6.61 Å². The number of rotatable bonds is 1. The smallest absolute Gasteiger partial charge is 0.0760 e. The third-order valence-corrected chi connectivity index (χ3v) is 2.58. The van der Waals surface area contributed by atoms with Gasteiger partial charge in [-0.2, -0.15) is 5.10 Å². The van der Waals surface area contributed by atoms with Crippen LogP contribution in [0, 0.1) is 0 Å². The average molecular weight is 180 g/mol. The zero-order valence-electron chi connectivity index (χ0n) is 8.48. The van der Waals surface area contributed by atoms with Crippen LogP contribution in [0.4, 0.5) is 0 Å². The largest absolute Gasteiger partial charge is 0.370 e. The highest BCUT2D eigenvalue weighted by molar-refractivity contribution is 5.27. The fourth-order valence-corrected chi connectivity index (χ4v) is 1.80. The third-order valence-electron chi connectivity index (χ3n) is 2.58. The van der Waals surface area contributed by atoms with E-state index in [0.717, 1.165) is 18.5 Å². The van der Waals surface area contributed by atoms with Gasteiger partial charge in [0.25, 0.3) is 0 Å². The number of aryl methyl sites for hydroxylation is 1. The van der Waals surface area contributed by atoms with Crippen LogP contribution in [0.25, 0.3) is 0 Å². The minimum atomic E-state index is -0.0372. The normalized spacial score (nSPS) is 19.9. The first-order valence-corrected chi connectivity index (χ1v) is 4.81. The predicted molar refractivity (Wildman–Crippen MR) is 50.5 cm³/mol. The van der Waals surface area contributed by atoms with Gasteiger partial charge in [0.05, 0.1) is 17.9 Å². The van der Waals surface area contributed by atoms with Crippen molar-refractivity contribution in [2.45, 2.75) is 45.8 Å². The van der Waals surface area contributed by atoms with Crippen molar-refractivity contribution in [2.75, 3.05) is 0 Å². The van der Waals surface area contributed by atoms with Gasteiger partial charge in [0.2, 0.25) is 0 Å². The molecule has 0 saturated heterocycles. The van der Waals surface area contributed by atoms with Gasteiger partial charge in [-0.05, 0) is 20.3 Å². The Labute approximate surface area is 78.5 Å². The molecule has 0 aliphatic carbocycles. The molecule has 0 aromatic carbocycles. The van der Waals surface area contributed by atoms with Gasteiger partial charge in [0.1, 0.15) is 0 Å². The van der Waals surface area contributed by atoms with Crippen LogP contribution in [-0.4, -0.2) is 15.8 Å². The van der Waals surface area contributed by atoms with Crippen molar-refractivity contribution in [3.63, 3.8) is 0 Å². The molecule has 1 aliphatic rings. The van der Waals surface area contributed by atoms with Crippen molar-refractivity contribution < 1.29 is 4.74 Å². The summed E-state index contributed by atoms with van der Waals surface area (Å²) in [5, 5.41) is 7.38. The first-order chi connectivity index (χ1) is 6.12. The fraction of sp³-hybridized carbons (Fsp3) is 0.700. The maximum absolute atomic E-state index is 5.73. The van der Waals surface area contributed by atoms with Crippen LogP contribution in [0.5, 0.6) is 0 Å². The summed E-state index contributed by atoms with van der Waals surface area (Å²) < 4.78 is 5.73. The van der Waals surface area contributed by atoms with Gasteiger partial charge in [-0.3, -0.25) is 5.10 Å². The maximum atomic E-state index is 5.73. The second kappa shape index (κ2) is 2.84. The number of nitrogens with one attached hydrogen (secondary N) is 1. The van der Waals surface area contributed by atoms with Crippen LogP contribution in [-0.2, 0) is 24.2 Å². The number of ether oxygens (including phenoxy) is 1. The topological polar surface area (TPSA) is 37.9 Å². The zero-order chi connectivity index (χ0) is 9.47. The second-order valence-electron chi connectivity index (χ2n) is 4.21. The van der Waals surface area contributed by atoms with Crippen molar-refractivity contribution in [1.29, 1.82) is 0 Å². The van der Waals surface area contributed by atoms with Crippen molar-refractivity contribution in [3.05, 3.63) is 17.0 Å². The average Bonchev–Trinajstić information content (AvgIpc) is 2.44. The summed E-state index contributed by atoms with van der Waals surface area (Å²) in [6.45, 7) is 7.06. The summed E-state index contributed by atoms with van der Waals surface area (Å²) in [5.74, 6) is 0. The lowest BCUT2D eigenvalue weighted by Crippen LogP contribution is -2.31. The quantitative estimate of drug-likeness (QED) is 0.716. The Bertz CT molecular complexity index is 315. The number of aromatic nitrogens is 2. The molecular formula is C10H16N2O. The van der Waals surface area contributed by atoms with E-state index >= 15 is 0 Å². The van der Waals surface area contributed by atoms with Crippen LogP contribution >= 0.6 is 0 Å². The molecule has 1 aromatic rings. The Morgan fingerprint density at radius 3 is 3.00 bits per heavy atom. The van der Waals surface area contributed by atoms with E-state index in [1.807, 2.05) is 0 Å². The maximum Gasteiger partial charge on any atom is 0.0760 e. The monoisotopic (exact) mass is 180 g/mol. The van der Waals surface area contributed by atoms with Crippen molar-refractivity contribution in [1.82, 2.24) is 10.2 Å². The molecule has 0 unspecified atom stereocenters. The number of hydrogen-bond acceptors (Lipinski definition) is 2. The van der Waals surface area contributed by atoms with Crippen LogP contribution in [0.15, 0.2) is 0 Å². The number of H-pyrrole nitrogens is 1. The molecule has 0 saturated carbocycles. The Hall–Kier alpha value is -0.830. The number of nitrogens with zero attached hydrogens (tertiary/aromatic N) is 1. The standard InChI is InChI=1S/C10H16N2O/c1-4-8-7-6-13-10(2,3)5-9(7)12-11-8/h4-6H2,1-3H3,(H,11,12). The summed E-state index contributed by atoms with van der Waals surface area (Å²) in [6, 6.07) is 0. The molecule has 3 nitrogen and oxygen atoms in total. The molecule has 2 rings (SSSR count). The first kappa shape index (κ1) is 8.75. The summed E-state index contributed by atoms with van der Waals surface area (Å²) in [6.07, 6.45) is 1.92. The molecule has 1 aliphatic heterocycles. The molecule has 0 fully saturated rings. The van der Waals surface area contributed by atoms with Gasteiger partial charge in [0, 0.05) is 17.7 Å². The molecule has 0 amide bonds. The molecule has 0 radical (unpaired) electrons. The summed E-state index contributed by atoms with van der Waals surface area (Å²) in [7, 11) is 0. The summed E-state index contributed by atoms with van der Waals surface area (Å²) in [4.78, 5) is 0. The van der Waals surface area contributed by atoms with E-state index < -0.39 is 0 Å². The molecule has 0 atom stereocenters. The molecule has 3 heteroatoms. The van der Waals surface area contributed by atoms with Crippen molar-refractivity contribution in [3.8, 4) is 0 Å². The Balaban J connectivity index is 2.33. The molecule has 72 valence electrons. The van der Waals surface area contributed by atoms with Crippen LogP contribution < -0.4 is 0 Å². The lowest BCUT2D eigenvalue weighted by Gasteiger charge is -2.29. The lowest BCUT2D eigenvalue weighted by atomic mass is 9.96. The van der Waals surface area contributed by atoms with E-state index in [4.69, 9.17) is 4.74 Å². The van der Waals surface area contributed by atoms with Crippen molar-refractivity contribution >= 4 is 0 Å². The SMILES string of the molecule is CCc1n[nH]c2c1COC(C)(C)C2. The number of aromatic amines is 1. The summed E-state index contributed by atoms with van der Waals surface area (Å²) >= 11 is 0. The lowest BCUT2D eigenvalue weighted by molar-refractivity contribution is -0.0409. The molecule has 13 heavy (non-hydrogen) atoms. The molecular weight excluding hydrogens is 164 g/mol. The minimum absolute atomic E-state index is 0.0372. The van der Waals surface area contributed by atoms with Gasteiger partial charge in [-0.25, -0.2) is 0 Å². The first-order valence-electron chi connectivity index (χ1n) is 4.81. The summed E-state index contributed by atoms with van der Waals surface area (Å²) in [5.41, 5.74) is 3.66. The zero-order valence-corrected chi connectivity index (χ0v) is 8.48. The van der Waals surface area contributed by atoms with Gasteiger partial charge in [-0.1, -0.05) is 6.92 Å². The molecule has 1 aromatic heterocycles. The van der Waals surface area contributed by atoms with Crippen LogP contribution in [0.2, 0.25) is 0 Å². The second-order valence-corrected chi connectivity index (χ2v) is 4.21. The third kappa shape index (κ3) is 1.48. The van der Waals surface area contributed by atoms with Gasteiger partial charge in [0.15, 0.2) is 0 Å². The Morgan fingerprint density at radius 1 is 1.54 bits per heavy atom.